The van der Waals surface area contributed by atoms with Gasteiger partial charge in [0.15, 0.2) is 0 Å². The lowest BCUT2D eigenvalue weighted by Gasteiger charge is -2.26. The van der Waals surface area contributed by atoms with Gasteiger partial charge in [0.2, 0.25) is 0 Å². The summed E-state index contributed by atoms with van der Waals surface area (Å²) in [5, 5.41) is 19.1. The van der Waals surface area contributed by atoms with Crippen molar-refractivity contribution < 1.29 is 19.4 Å². The third kappa shape index (κ3) is 3.80. The van der Waals surface area contributed by atoms with Gasteiger partial charge in [-0.25, -0.2) is 9.69 Å². The van der Waals surface area contributed by atoms with Gasteiger partial charge in [-0.1, -0.05) is 30.7 Å². The molecule has 1 aliphatic rings. The normalized spacial score (nSPS) is 18.6. The standard InChI is InChI=1S/C21H18ClN3O5/c1-12-4-3-7-24(21(28)29)20(27)19(12)25-11-17(30-2)16(9-18(25)26)15-8-14(22)6-5-13(15)10-23/h3-6,8-9,11-12,19H,7H2,1-2H3,(H,28,29). The van der Waals surface area contributed by atoms with Crippen LogP contribution in [0, 0.1) is 17.2 Å². The Morgan fingerprint density at radius 2 is 2.03 bits per heavy atom. The zero-order chi connectivity index (χ0) is 22.0. The van der Waals surface area contributed by atoms with Gasteiger partial charge in [-0.05, 0) is 18.2 Å². The summed E-state index contributed by atoms with van der Waals surface area (Å²) in [5.41, 5.74) is 0.518. The molecule has 0 aliphatic carbocycles. The number of hydrogen-bond donors (Lipinski definition) is 1. The van der Waals surface area contributed by atoms with Crippen LogP contribution in [0.4, 0.5) is 4.79 Å². The second-order valence-corrected chi connectivity index (χ2v) is 7.20. The average Bonchev–Trinajstić information content (AvgIpc) is 2.86. The zero-order valence-corrected chi connectivity index (χ0v) is 17.0. The molecule has 3 rings (SSSR count). The Morgan fingerprint density at radius 1 is 1.30 bits per heavy atom. The number of methoxy groups -OCH3 is 1. The molecule has 0 fully saturated rings. The molecule has 1 aromatic heterocycles. The van der Waals surface area contributed by atoms with Crippen LogP contribution in [0.2, 0.25) is 5.02 Å². The van der Waals surface area contributed by atoms with E-state index in [1.54, 1.807) is 31.2 Å². The highest BCUT2D eigenvalue weighted by Gasteiger charge is 2.35. The van der Waals surface area contributed by atoms with E-state index >= 15 is 0 Å². The summed E-state index contributed by atoms with van der Waals surface area (Å²) in [5.74, 6) is -0.906. The van der Waals surface area contributed by atoms with Crippen LogP contribution in [0.25, 0.3) is 11.1 Å². The Balaban J connectivity index is 2.20. The van der Waals surface area contributed by atoms with E-state index in [-0.39, 0.29) is 12.3 Å². The molecule has 0 saturated heterocycles. The summed E-state index contributed by atoms with van der Waals surface area (Å²) >= 11 is 6.07. The fourth-order valence-corrected chi connectivity index (χ4v) is 3.63. The summed E-state index contributed by atoms with van der Waals surface area (Å²) < 4.78 is 6.59. The summed E-state index contributed by atoms with van der Waals surface area (Å²) in [6, 6.07) is 6.90. The molecule has 9 heteroatoms. The van der Waals surface area contributed by atoms with Gasteiger partial charge in [0.05, 0.1) is 31.5 Å². The van der Waals surface area contributed by atoms with Gasteiger partial charge >= 0.3 is 6.09 Å². The second kappa shape index (κ2) is 8.43. The maximum absolute atomic E-state index is 13.0. The molecule has 0 radical (unpaired) electrons. The number of amides is 2. The number of imide groups is 1. The number of rotatable bonds is 3. The van der Waals surface area contributed by atoms with Crippen LogP contribution in [0.1, 0.15) is 18.5 Å². The Morgan fingerprint density at radius 3 is 2.67 bits per heavy atom. The number of carbonyl (C=O) groups excluding carboxylic acids is 1. The number of allylic oxidation sites excluding steroid dienone is 1. The largest absolute Gasteiger partial charge is 0.495 e. The van der Waals surface area contributed by atoms with Crippen molar-refractivity contribution in [3.63, 3.8) is 0 Å². The first-order valence-corrected chi connectivity index (χ1v) is 9.37. The highest BCUT2D eigenvalue weighted by Crippen LogP contribution is 2.34. The van der Waals surface area contributed by atoms with E-state index in [9.17, 15) is 24.8 Å². The number of carbonyl (C=O) groups is 2. The van der Waals surface area contributed by atoms with E-state index < -0.39 is 29.5 Å². The van der Waals surface area contributed by atoms with Gasteiger partial charge in [-0.2, -0.15) is 5.26 Å². The lowest BCUT2D eigenvalue weighted by molar-refractivity contribution is -0.132. The summed E-state index contributed by atoms with van der Waals surface area (Å²) in [6.07, 6.45) is 3.25. The number of pyridine rings is 1. The lowest BCUT2D eigenvalue weighted by atomic mass is 9.98. The molecule has 2 atom stereocenters. The highest BCUT2D eigenvalue weighted by molar-refractivity contribution is 6.31. The molecule has 8 nitrogen and oxygen atoms in total. The molecule has 30 heavy (non-hydrogen) atoms. The first-order chi connectivity index (χ1) is 14.3. The Hall–Kier alpha value is -3.57. The van der Waals surface area contributed by atoms with Crippen LogP contribution >= 0.6 is 11.6 Å². The molecule has 2 aromatic rings. The number of carboxylic acid groups (broad SMARTS) is 1. The number of ether oxygens (including phenoxy) is 1. The lowest BCUT2D eigenvalue weighted by Crippen LogP contribution is -2.43. The SMILES string of the molecule is COc1cn(C2C(=O)N(C(=O)O)CC=CC2C)c(=O)cc1-c1cc(Cl)ccc1C#N. The van der Waals surface area contributed by atoms with Gasteiger partial charge in [-0.15, -0.1) is 0 Å². The van der Waals surface area contributed by atoms with Crippen LogP contribution in [-0.2, 0) is 4.79 Å². The molecule has 154 valence electrons. The number of nitriles is 1. The third-order valence-electron chi connectivity index (χ3n) is 4.93. The predicted octanol–water partition coefficient (Wildman–Crippen LogP) is 3.30. The van der Waals surface area contributed by atoms with E-state index in [1.165, 1.54) is 25.4 Å². The average molecular weight is 428 g/mol. The minimum Gasteiger partial charge on any atom is -0.495 e. The summed E-state index contributed by atoms with van der Waals surface area (Å²) in [7, 11) is 1.39. The van der Waals surface area contributed by atoms with Gasteiger partial charge < -0.3 is 9.84 Å². The number of nitrogens with zero attached hydrogens (tertiary/aromatic N) is 3. The molecular formula is C21H18ClN3O5. The maximum Gasteiger partial charge on any atom is 0.414 e. The van der Waals surface area contributed by atoms with Crippen LogP contribution in [-0.4, -0.2) is 40.2 Å². The predicted molar refractivity (Wildman–Crippen MR) is 109 cm³/mol. The minimum atomic E-state index is -1.39. The third-order valence-corrected chi connectivity index (χ3v) is 5.17. The second-order valence-electron chi connectivity index (χ2n) is 6.77. The number of aromatic nitrogens is 1. The number of hydrogen-bond acceptors (Lipinski definition) is 5. The van der Waals surface area contributed by atoms with Crippen molar-refractivity contribution in [1.29, 1.82) is 5.26 Å². The molecular weight excluding hydrogens is 410 g/mol. The number of benzene rings is 1. The maximum atomic E-state index is 13.0. The molecule has 2 heterocycles. The van der Waals surface area contributed by atoms with Gasteiger partial charge in [-0.3, -0.25) is 14.2 Å². The smallest absolute Gasteiger partial charge is 0.414 e. The van der Waals surface area contributed by atoms with E-state index in [0.717, 1.165) is 4.57 Å². The first kappa shape index (κ1) is 21.1. The van der Waals surface area contributed by atoms with Crippen molar-refractivity contribution in [3.8, 4) is 22.9 Å². The monoisotopic (exact) mass is 427 g/mol. The molecule has 1 aliphatic heterocycles. The van der Waals surface area contributed by atoms with Crippen molar-refractivity contribution in [3.05, 3.63) is 63.6 Å². The van der Waals surface area contributed by atoms with Gasteiger partial charge in [0, 0.05) is 28.1 Å². The zero-order valence-electron chi connectivity index (χ0n) is 16.2. The fraction of sp³-hybridized carbons (Fsp3) is 0.238. The molecule has 2 unspecified atom stereocenters. The van der Waals surface area contributed by atoms with Crippen molar-refractivity contribution in [2.45, 2.75) is 13.0 Å². The molecule has 2 amide bonds. The van der Waals surface area contributed by atoms with Gasteiger partial charge in [0.25, 0.3) is 11.5 Å². The summed E-state index contributed by atoms with van der Waals surface area (Å²) in [4.78, 5) is 38.0. The quantitative estimate of drug-likeness (QED) is 0.752. The molecule has 0 spiro atoms. The Kier molecular flexibility index (Phi) is 5.94. The Labute approximate surface area is 177 Å². The van der Waals surface area contributed by atoms with E-state index in [1.807, 2.05) is 0 Å². The van der Waals surface area contributed by atoms with E-state index in [4.69, 9.17) is 16.3 Å². The molecule has 1 aromatic carbocycles. The highest BCUT2D eigenvalue weighted by atomic mass is 35.5. The van der Waals surface area contributed by atoms with Crippen LogP contribution in [0.5, 0.6) is 5.75 Å². The van der Waals surface area contributed by atoms with E-state index in [0.29, 0.717) is 26.6 Å². The van der Waals surface area contributed by atoms with Crippen LogP contribution in [0.3, 0.4) is 0 Å². The van der Waals surface area contributed by atoms with Crippen molar-refractivity contribution in [2.24, 2.45) is 5.92 Å². The minimum absolute atomic E-state index is 0.0903. The van der Waals surface area contributed by atoms with Crippen LogP contribution in [0.15, 0.2) is 47.4 Å². The van der Waals surface area contributed by atoms with Crippen LogP contribution < -0.4 is 10.3 Å². The summed E-state index contributed by atoms with van der Waals surface area (Å²) in [6.45, 7) is 1.63. The topological polar surface area (TPSA) is 113 Å². The van der Waals surface area contributed by atoms with Crippen molar-refractivity contribution in [1.82, 2.24) is 9.47 Å². The first-order valence-electron chi connectivity index (χ1n) is 8.99. The molecule has 1 N–H and O–H groups in total. The Bertz CT molecular complexity index is 1150. The van der Waals surface area contributed by atoms with E-state index in [2.05, 4.69) is 6.07 Å². The van der Waals surface area contributed by atoms with Gasteiger partial charge in [0.1, 0.15) is 11.8 Å². The van der Waals surface area contributed by atoms with Crippen molar-refractivity contribution >= 4 is 23.6 Å². The number of halogens is 1. The fourth-order valence-electron chi connectivity index (χ4n) is 3.46. The molecule has 0 bridgehead atoms. The molecule has 0 saturated carbocycles. The van der Waals surface area contributed by atoms with Crippen molar-refractivity contribution in [2.75, 3.05) is 13.7 Å².